The van der Waals surface area contributed by atoms with Crippen LogP contribution in [0.2, 0.25) is 0 Å². The molecule has 2 aromatic rings. The number of imide groups is 1. The molecular weight excluding hydrogens is 286 g/mol. The molecule has 2 aromatic carbocycles. The van der Waals surface area contributed by atoms with Crippen molar-refractivity contribution >= 4 is 38.5 Å². The van der Waals surface area contributed by atoms with E-state index in [1.807, 2.05) is 12.1 Å². The number of halogens is 1. The highest BCUT2D eigenvalue weighted by Crippen LogP contribution is 2.33. The summed E-state index contributed by atoms with van der Waals surface area (Å²) >= 11 is 3.26. The molecular formula is C12H6BrNO3. The fraction of sp³-hybridized carbons (Fsp3) is 0. The Kier molecular flexibility index (Phi) is 2.08. The lowest BCUT2D eigenvalue weighted by Gasteiger charge is -2.22. The van der Waals surface area contributed by atoms with Gasteiger partial charge in [0.05, 0.1) is 11.1 Å². The molecule has 0 aliphatic carbocycles. The van der Waals surface area contributed by atoms with Crippen LogP contribution in [0.1, 0.15) is 20.7 Å². The van der Waals surface area contributed by atoms with Crippen LogP contribution in [0.5, 0.6) is 0 Å². The van der Waals surface area contributed by atoms with Crippen molar-refractivity contribution in [2.75, 3.05) is 0 Å². The molecule has 4 nitrogen and oxygen atoms in total. The zero-order chi connectivity index (χ0) is 12.2. The summed E-state index contributed by atoms with van der Waals surface area (Å²) in [5, 5.41) is 11.0. The van der Waals surface area contributed by atoms with Gasteiger partial charge in [-0.3, -0.25) is 14.8 Å². The highest BCUT2D eigenvalue weighted by atomic mass is 79.9. The predicted octanol–water partition coefficient (Wildman–Crippen LogP) is 2.59. The molecule has 0 spiro atoms. The standard InChI is InChI=1S/C12H6BrNO3/c13-8-5-4-6-2-1-3-7-9(6)10(8)12(16)14(17)11(7)15/h1-5,17H. The Morgan fingerprint density at radius 2 is 1.82 bits per heavy atom. The fourth-order valence-electron chi connectivity index (χ4n) is 2.05. The molecule has 1 aliphatic heterocycles. The Bertz CT molecular complexity index is 681. The second kappa shape index (κ2) is 3.38. The van der Waals surface area contributed by atoms with Gasteiger partial charge in [-0.1, -0.05) is 18.2 Å². The molecule has 0 fully saturated rings. The van der Waals surface area contributed by atoms with Crippen LogP contribution in [0.15, 0.2) is 34.8 Å². The summed E-state index contributed by atoms with van der Waals surface area (Å²) in [6, 6.07) is 8.68. The second-order valence-electron chi connectivity index (χ2n) is 3.75. The zero-order valence-corrected chi connectivity index (χ0v) is 10.1. The monoisotopic (exact) mass is 291 g/mol. The number of benzene rings is 2. The van der Waals surface area contributed by atoms with Gasteiger partial charge in [0.25, 0.3) is 11.8 Å². The first kappa shape index (κ1) is 10.4. The van der Waals surface area contributed by atoms with E-state index >= 15 is 0 Å². The fourth-order valence-corrected chi connectivity index (χ4v) is 2.55. The van der Waals surface area contributed by atoms with E-state index in [0.29, 0.717) is 21.0 Å². The smallest absolute Gasteiger partial charge is 0.278 e. The van der Waals surface area contributed by atoms with Crippen molar-refractivity contribution in [3.63, 3.8) is 0 Å². The minimum absolute atomic E-state index is 0.155. The number of carbonyl (C=O) groups excluding carboxylic acids is 2. The van der Waals surface area contributed by atoms with Crippen LogP contribution >= 0.6 is 15.9 Å². The Morgan fingerprint density at radius 3 is 2.59 bits per heavy atom. The number of hydrogen-bond acceptors (Lipinski definition) is 3. The maximum Gasteiger partial charge on any atom is 0.286 e. The van der Waals surface area contributed by atoms with Gasteiger partial charge >= 0.3 is 0 Å². The molecule has 1 heterocycles. The zero-order valence-electron chi connectivity index (χ0n) is 8.48. The third-order valence-electron chi connectivity index (χ3n) is 2.82. The Hall–Kier alpha value is -1.72. The average Bonchev–Trinajstić information content (AvgIpc) is 2.34. The van der Waals surface area contributed by atoms with Crippen LogP contribution in [0.25, 0.3) is 10.8 Å². The van der Waals surface area contributed by atoms with Gasteiger partial charge in [0.1, 0.15) is 0 Å². The Morgan fingerprint density at radius 1 is 1.06 bits per heavy atom. The molecule has 2 amide bonds. The summed E-state index contributed by atoms with van der Waals surface area (Å²) in [4.78, 5) is 23.6. The summed E-state index contributed by atoms with van der Waals surface area (Å²) in [6.07, 6.45) is 0. The third kappa shape index (κ3) is 1.26. The van der Waals surface area contributed by atoms with Crippen LogP contribution in [0.3, 0.4) is 0 Å². The summed E-state index contributed by atoms with van der Waals surface area (Å²) < 4.78 is 0.564. The first-order chi connectivity index (χ1) is 8.11. The van der Waals surface area contributed by atoms with Crippen molar-refractivity contribution < 1.29 is 14.8 Å². The van der Waals surface area contributed by atoms with E-state index < -0.39 is 11.8 Å². The van der Waals surface area contributed by atoms with Crippen molar-refractivity contribution in [1.82, 2.24) is 5.06 Å². The highest BCUT2D eigenvalue weighted by Gasteiger charge is 2.33. The van der Waals surface area contributed by atoms with Gasteiger partial charge in [0.2, 0.25) is 0 Å². The molecule has 0 aromatic heterocycles. The van der Waals surface area contributed by atoms with Gasteiger partial charge in [0, 0.05) is 9.86 Å². The molecule has 0 atom stereocenters. The molecule has 0 saturated carbocycles. The van der Waals surface area contributed by atoms with Gasteiger partial charge < -0.3 is 0 Å². The van der Waals surface area contributed by atoms with Crippen molar-refractivity contribution in [3.8, 4) is 0 Å². The van der Waals surface area contributed by atoms with Crippen molar-refractivity contribution in [1.29, 1.82) is 0 Å². The van der Waals surface area contributed by atoms with Crippen LogP contribution in [-0.4, -0.2) is 22.1 Å². The second-order valence-corrected chi connectivity index (χ2v) is 4.60. The van der Waals surface area contributed by atoms with Crippen molar-refractivity contribution in [2.24, 2.45) is 0 Å². The van der Waals surface area contributed by atoms with E-state index in [-0.39, 0.29) is 5.06 Å². The Balaban J connectivity index is 2.56. The number of nitrogens with zero attached hydrogens (tertiary/aromatic N) is 1. The van der Waals surface area contributed by atoms with Crippen LogP contribution < -0.4 is 0 Å². The number of carbonyl (C=O) groups is 2. The van der Waals surface area contributed by atoms with E-state index in [9.17, 15) is 14.8 Å². The van der Waals surface area contributed by atoms with Crippen molar-refractivity contribution in [2.45, 2.75) is 0 Å². The number of hydroxylamine groups is 2. The molecule has 3 rings (SSSR count). The molecule has 0 saturated heterocycles. The summed E-state index contributed by atoms with van der Waals surface area (Å²) in [5.41, 5.74) is 0.654. The number of amides is 2. The molecule has 0 bridgehead atoms. The van der Waals surface area contributed by atoms with Gasteiger partial charge in [-0.25, -0.2) is 0 Å². The van der Waals surface area contributed by atoms with Gasteiger partial charge in [-0.2, -0.15) is 0 Å². The normalized spacial score (nSPS) is 14.6. The SMILES string of the molecule is O=C1c2cccc3ccc(Br)c(c23)C(=O)N1O. The lowest BCUT2D eigenvalue weighted by atomic mass is 9.95. The van der Waals surface area contributed by atoms with E-state index in [1.54, 1.807) is 18.2 Å². The van der Waals surface area contributed by atoms with Crippen LogP contribution in [0.4, 0.5) is 0 Å². The van der Waals surface area contributed by atoms with Gasteiger partial charge in [-0.15, -0.1) is 5.06 Å². The molecule has 5 heteroatoms. The molecule has 0 unspecified atom stereocenters. The van der Waals surface area contributed by atoms with Crippen molar-refractivity contribution in [3.05, 3.63) is 45.9 Å². The van der Waals surface area contributed by atoms with E-state index in [0.717, 1.165) is 5.39 Å². The first-order valence-electron chi connectivity index (χ1n) is 4.90. The molecule has 1 N–H and O–H groups in total. The summed E-state index contributed by atoms with van der Waals surface area (Å²) in [6.45, 7) is 0. The third-order valence-corrected chi connectivity index (χ3v) is 3.48. The molecule has 84 valence electrons. The van der Waals surface area contributed by atoms with E-state index in [2.05, 4.69) is 15.9 Å². The number of rotatable bonds is 0. The summed E-state index contributed by atoms with van der Waals surface area (Å²) in [7, 11) is 0. The lowest BCUT2D eigenvalue weighted by Crippen LogP contribution is -2.37. The van der Waals surface area contributed by atoms with Gasteiger partial charge in [-0.05, 0) is 33.4 Å². The predicted molar refractivity (Wildman–Crippen MR) is 63.9 cm³/mol. The summed E-state index contributed by atoms with van der Waals surface area (Å²) in [5.74, 6) is -1.39. The molecule has 17 heavy (non-hydrogen) atoms. The first-order valence-corrected chi connectivity index (χ1v) is 5.69. The lowest BCUT2D eigenvalue weighted by molar-refractivity contribution is -0.0378. The Labute approximate surface area is 105 Å². The highest BCUT2D eigenvalue weighted by molar-refractivity contribution is 9.10. The van der Waals surface area contributed by atoms with Crippen LogP contribution in [-0.2, 0) is 0 Å². The minimum atomic E-state index is -0.703. The van der Waals surface area contributed by atoms with E-state index in [1.165, 1.54) is 0 Å². The number of hydrogen-bond donors (Lipinski definition) is 1. The quantitative estimate of drug-likeness (QED) is 0.599. The van der Waals surface area contributed by atoms with E-state index in [4.69, 9.17) is 0 Å². The average molecular weight is 292 g/mol. The van der Waals surface area contributed by atoms with Crippen LogP contribution in [0, 0.1) is 0 Å². The topological polar surface area (TPSA) is 57.6 Å². The largest absolute Gasteiger partial charge is 0.286 e. The molecule has 1 aliphatic rings. The minimum Gasteiger partial charge on any atom is -0.278 e. The molecule has 0 radical (unpaired) electrons. The van der Waals surface area contributed by atoms with Gasteiger partial charge in [0.15, 0.2) is 0 Å². The maximum atomic E-state index is 11.9. The maximum absolute atomic E-state index is 11.9.